The number of hydrogen-bond acceptors (Lipinski definition) is 4. The van der Waals surface area contributed by atoms with Gasteiger partial charge in [-0.25, -0.2) is 4.98 Å². The predicted octanol–water partition coefficient (Wildman–Crippen LogP) is 2.58. The number of aromatic nitrogens is 1. The third kappa shape index (κ3) is 4.86. The molecule has 0 aliphatic carbocycles. The van der Waals surface area contributed by atoms with Crippen LogP contribution in [0.5, 0.6) is 0 Å². The topological polar surface area (TPSA) is 59.1 Å². The first kappa shape index (κ1) is 15.3. The number of thiazole rings is 1. The first-order valence-corrected chi connectivity index (χ1v) is 8.45. The molecule has 18 heavy (non-hydrogen) atoms. The lowest BCUT2D eigenvalue weighted by Crippen LogP contribution is -2.23. The zero-order valence-corrected chi connectivity index (χ0v) is 12.5. The van der Waals surface area contributed by atoms with Crippen molar-refractivity contribution in [2.24, 2.45) is 0 Å². The molecule has 4 nitrogen and oxygen atoms in total. The quantitative estimate of drug-likeness (QED) is 0.748. The van der Waals surface area contributed by atoms with Gasteiger partial charge in [-0.3, -0.25) is 9.00 Å². The van der Waals surface area contributed by atoms with E-state index in [9.17, 15) is 9.00 Å². The van der Waals surface area contributed by atoms with E-state index in [1.807, 2.05) is 6.92 Å². The summed E-state index contributed by atoms with van der Waals surface area (Å²) >= 11 is 1.22. The Labute approximate surface area is 115 Å². The van der Waals surface area contributed by atoms with Crippen molar-refractivity contribution in [2.45, 2.75) is 43.9 Å². The molecule has 0 bridgehead atoms. The molecule has 1 rings (SSSR count). The minimum atomic E-state index is -1.07. The molecule has 0 fully saturated rings. The molecule has 1 aromatic rings. The molecule has 0 aliphatic rings. The van der Waals surface area contributed by atoms with Crippen molar-refractivity contribution in [3.63, 3.8) is 0 Å². The van der Waals surface area contributed by atoms with Gasteiger partial charge in [0.15, 0.2) is 4.34 Å². The Balaban J connectivity index is 2.37. The number of nitrogens with one attached hydrogen (secondary N) is 1. The van der Waals surface area contributed by atoms with Gasteiger partial charge in [0.05, 0.1) is 17.0 Å². The Bertz CT molecular complexity index is 405. The van der Waals surface area contributed by atoms with E-state index in [0.29, 0.717) is 21.5 Å². The van der Waals surface area contributed by atoms with Crippen molar-refractivity contribution >= 4 is 28.0 Å². The Hall–Kier alpha value is -0.750. The van der Waals surface area contributed by atoms with Crippen LogP contribution in [0, 0.1) is 0 Å². The molecule has 1 N–H and O–H groups in total. The number of nitrogens with zero attached hydrogens (tertiary/aromatic N) is 1. The first-order chi connectivity index (χ1) is 8.69. The van der Waals surface area contributed by atoms with Gasteiger partial charge in [-0.2, -0.15) is 0 Å². The minimum Gasteiger partial charge on any atom is -0.351 e. The highest BCUT2D eigenvalue weighted by atomic mass is 32.2. The van der Waals surface area contributed by atoms with Crippen LogP contribution in [0.1, 0.15) is 49.2 Å². The van der Waals surface area contributed by atoms with Crippen LogP contribution >= 0.6 is 11.3 Å². The molecule has 0 saturated carbocycles. The van der Waals surface area contributed by atoms with Crippen molar-refractivity contribution in [1.82, 2.24) is 10.3 Å². The number of rotatable bonds is 8. The van der Waals surface area contributed by atoms with Gasteiger partial charge >= 0.3 is 0 Å². The largest absolute Gasteiger partial charge is 0.351 e. The number of carbonyl (C=O) groups excluding carboxylic acids is 1. The van der Waals surface area contributed by atoms with Gasteiger partial charge in [0, 0.05) is 12.3 Å². The molecule has 0 aliphatic heterocycles. The summed E-state index contributed by atoms with van der Waals surface area (Å²) in [6.45, 7) is 4.69. The van der Waals surface area contributed by atoms with E-state index < -0.39 is 10.8 Å². The fourth-order valence-electron chi connectivity index (χ4n) is 1.43. The molecule has 0 radical (unpaired) electrons. The van der Waals surface area contributed by atoms with E-state index in [4.69, 9.17) is 0 Å². The maximum absolute atomic E-state index is 11.8. The van der Waals surface area contributed by atoms with Gasteiger partial charge in [0.1, 0.15) is 4.88 Å². The van der Waals surface area contributed by atoms with Gasteiger partial charge in [-0.05, 0) is 6.42 Å². The standard InChI is InChI=1S/C12H20N2O2S2/c1-3-5-6-7-8-13-11(15)10-9-14-12(17-10)18(16)4-2/h9H,3-8H2,1-2H3,(H,13,15). The van der Waals surface area contributed by atoms with E-state index >= 15 is 0 Å². The Kier molecular flexibility index (Phi) is 7.12. The van der Waals surface area contributed by atoms with Crippen molar-refractivity contribution in [2.75, 3.05) is 12.3 Å². The third-order valence-corrected chi connectivity index (χ3v) is 5.10. The molecule has 0 saturated heterocycles. The van der Waals surface area contributed by atoms with Crippen molar-refractivity contribution in [3.05, 3.63) is 11.1 Å². The zero-order chi connectivity index (χ0) is 13.4. The second kappa shape index (κ2) is 8.37. The van der Waals surface area contributed by atoms with Gasteiger partial charge in [0.25, 0.3) is 5.91 Å². The average molecular weight is 288 g/mol. The molecule has 102 valence electrons. The lowest BCUT2D eigenvalue weighted by Gasteiger charge is -2.02. The lowest BCUT2D eigenvalue weighted by molar-refractivity contribution is 0.0957. The van der Waals surface area contributed by atoms with Gasteiger partial charge in [0.2, 0.25) is 0 Å². The van der Waals surface area contributed by atoms with Crippen LogP contribution < -0.4 is 5.32 Å². The smallest absolute Gasteiger partial charge is 0.263 e. The SMILES string of the molecule is CCCCCCNC(=O)c1cnc(S(=O)CC)s1. The predicted molar refractivity (Wildman–Crippen MR) is 75.5 cm³/mol. The van der Waals surface area contributed by atoms with Crippen LogP contribution in [-0.2, 0) is 10.8 Å². The summed E-state index contributed by atoms with van der Waals surface area (Å²) in [4.78, 5) is 16.3. The minimum absolute atomic E-state index is 0.108. The van der Waals surface area contributed by atoms with Crippen molar-refractivity contribution in [3.8, 4) is 0 Å². The van der Waals surface area contributed by atoms with Gasteiger partial charge in [-0.1, -0.05) is 33.1 Å². The maximum Gasteiger partial charge on any atom is 0.263 e. The summed E-state index contributed by atoms with van der Waals surface area (Å²) in [7, 11) is -1.07. The lowest BCUT2D eigenvalue weighted by atomic mass is 10.2. The van der Waals surface area contributed by atoms with E-state index in [-0.39, 0.29) is 5.91 Å². The summed E-state index contributed by atoms with van der Waals surface area (Å²) < 4.78 is 12.0. The fourth-order valence-corrected chi connectivity index (χ4v) is 3.41. The number of hydrogen-bond donors (Lipinski definition) is 1. The summed E-state index contributed by atoms with van der Waals surface area (Å²) in [6, 6.07) is 0. The molecule has 1 unspecified atom stereocenters. The number of unbranched alkanes of at least 4 members (excludes halogenated alkanes) is 3. The van der Waals surface area contributed by atoms with Crippen LogP contribution in [-0.4, -0.2) is 27.4 Å². The van der Waals surface area contributed by atoms with Gasteiger partial charge < -0.3 is 5.32 Å². The second-order valence-electron chi connectivity index (χ2n) is 3.94. The molecular formula is C12H20N2O2S2. The molecule has 1 aromatic heterocycles. The first-order valence-electron chi connectivity index (χ1n) is 6.31. The molecule has 1 atom stereocenters. The Morgan fingerprint density at radius 2 is 2.17 bits per heavy atom. The molecule has 1 amide bonds. The highest BCUT2D eigenvalue weighted by Gasteiger charge is 2.12. The van der Waals surface area contributed by atoms with Crippen LogP contribution in [0.25, 0.3) is 0 Å². The third-order valence-electron chi connectivity index (χ3n) is 2.48. The second-order valence-corrected chi connectivity index (χ2v) is 6.89. The van der Waals surface area contributed by atoms with Crippen molar-refractivity contribution < 1.29 is 9.00 Å². The monoisotopic (exact) mass is 288 g/mol. The van der Waals surface area contributed by atoms with Crippen LogP contribution in [0.3, 0.4) is 0 Å². The van der Waals surface area contributed by atoms with Crippen LogP contribution in [0.15, 0.2) is 10.5 Å². The molecular weight excluding hydrogens is 268 g/mol. The zero-order valence-electron chi connectivity index (χ0n) is 10.9. The number of amides is 1. The Morgan fingerprint density at radius 3 is 2.83 bits per heavy atom. The normalized spacial score (nSPS) is 12.3. The fraction of sp³-hybridized carbons (Fsp3) is 0.667. The van der Waals surface area contributed by atoms with Crippen LogP contribution in [0.2, 0.25) is 0 Å². The maximum atomic E-state index is 11.8. The highest BCUT2D eigenvalue weighted by Crippen LogP contribution is 2.16. The van der Waals surface area contributed by atoms with E-state index in [1.54, 1.807) is 0 Å². The van der Waals surface area contributed by atoms with Gasteiger partial charge in [-0.15, -0.1) is 11.3 Å². The summed E-state index contributed by atoms with van der Waals surface area (Å²) in [5, 5.41) is 2.86. The molecule has 0 aromatic carbocycles. The summed E-state index contributed by atoms with van der Waals surface area (Å²) in [5.41, 5.74) is 0. The summed E-state index contributed by atoms with van der Waals surface area (Å²) in [6.07, 6.45) is 6.05. The van der Waals surface area contributed by atoms with E-state index in [1.165, 1.54) is 30.4 Å². The molecule has 6 heteroatoms. The average Bonchev–Trinajstić information content (AvgIpc) is 2.87. The van der Waals surface area contributed by atoms with Crippen molar-refractivity contribution in [1.29, 1.82) is 0 Å². The molecule has 0 spiro atoms. The molecule has 1 heterocycles. The van der Waals surface area contributed by atoms with E-state index in [2.05, 4.69) is 17.2 Å². The van der Waals surface area contributed by atoms with Crippen LogP contribution in [0.4, 0.5) is 0 Å². The number of carbonyl (C=O) groups is 1. The highest BCUT2D eigenvalue weighted by molar-refractivity contribution is 7.87. The van der Waals surface area contributed by atoms with E-state index in [0.717, 1.165) is 12.8 Å². The Morgan fingerprint density at radius 1 is 1.39 bits per heavy atom. The summed E-state index contributed by atoms with van der Waals surface area (Å²) in [5.74, 6) is 0.425.